The van der Waals surface area contributed by atoms with Crippen LogP contribution in [0.4, 0.5) is 0 Å². The Morgan fingerprint density at radius 1 is 1.56 bits per heavy atom. The van der Waals surface area contributed by atoms with Gasteiger partial charge in [0.05, 0.1) is 32.0 Å². The zero-order valence-electron chi connectivity index (χ0n) is 9.53. The summed E-state index contributed by atoms with van der Waals surface area (Å²) in [5.41, 5.74) is 2.42. The molecular weight excluding hydrogens is 236 g/mol. The van der Waals surface area contributed by atoms with E-state index in [-0.39, 0.29) is 11.6 Å². The lowest BCUT2D eigenvalue weighted by Crippen LogP contribution is -2.19. The number of hydrogen-bond donors (Lipinski definition) is 1. The standard InChI is InChI=1S/C11H10N4O3/c1-17-10-7-12-6-9(14-10)11(16)15-13-5-8-3-2-4-18-8/h2-7H,1H3,(H,15,16). The molecule has 2 aromatic rings. The van der Waals surface area contributed by atoms with E-state index in [9.17, 15) is 4.79 Å². The SMILES string of the molecule is COc1cncc(C(=O)NN=Cc2ccco2)n1. The van der Waals surface area contributed by atoms with Crippen LogP contribution in [0.3, 0.4) is 0 Å². The Balaban J connectivity index is 1.99. The molecule has 92 valence electrons. The Morgan fingerprint density at radius 2 is 2.44 bits per heavy atom. The third-order valence-electron chi connectivity index (χ3n) is 1.96. The molecule has 2 rings (SSSR count). The first-order chi connectivity index (χ1) is 8.79. The van der Waals surface area contributed by atoms with Gasteiger partial charge in [-0.25, -0.2) is 10.4 Å². The van der Waals surface area contributed by atoms with Crippen molar-refractivity contribution in [3.8, 4) is 5.88 Å². The van der Waals surface area contributed by atoms with E-state index in [0.29, 0.717) is 5.76 Å². The number of carbonyl (C=O) groups excluding carboxylic acids is 1. The molecule has 0 aliphatic carbocycles. The Labute approximate surface area is 103 Å². The smallest absolute Gasteiger partial charge is 0.291 e. The number of amides is 1. The number of carbonyl (C=O) groups is 1. The monoisotopic (exact) mass is 246 g/mol. The Kier molecular flexibility index (Phi) is 3.65. The van der Waals surface area contributed by atoms with Crippen molar-refractivity contribution >= 4 is 12.1 Å². The average Bonchev–Trinajstić information content (AvgIpc) is 2.92. The molecule has 1 amide bonds. The van der Waals surface area contributed by atoms with E-state index in [1.165, 1.54) is 32.0 Å². The molecule has 2 aromatic heterocycles. The second-order valence-electron chi connectivity index (χ2n) is 3.16. The van der Waals surface area contributed by atoms with Gasteiger partial charge in [-0.3, -0.25) is 9.78 Å². The van der Waals surface area contributed by atoms with Crippen molar-refractivity contribution in [2.24, 2.45) is 5.10 Å². The first kappa shape index (κ1) is 11.8. The number of rotatable bonds is 4. The van der Waals surface area contributed by atoms with E-state index >= 15 is 0 Å². The Bertz CT molecular complexity index is 551. The Morgan fingerprint density at radius 3 is 3.17 bits per heavy atom. The van der Waals surface area contributed by atoms with E-state index in [0.717, 1.165) is 0 Å². The molecule has 0 atom stereocenters. The summed E-state index contributed by atoms with van der Waals surface area (Å²) in [6.45, 7) is 0. The fourth-order valence-electron chi connectivity index (χ4n) is 1.13. The zero-order valence-corrected chi connectivity index (χ0v) is 9.53. The normalized spacial score (nSPS) is 10.5. The average molecular weight is 246 g/mol. The van der Waals surface area contributed by atoms with Gasteiger partial charge in [-0.15, -0.1) is 0 Å². The highest BCUT2D eigenvalue weighted by molar-refractivity contribution is 5.92. The molecule has 0 bridgehead atoms. The maximum atomic E-state index is 11.6. The van der Waals surface area contributed by atoms with Crippen LogP contribution in [0.2, 0.25) is 0 Å². The van der Waals surface area contributed by atoms with Crippen molar-refractivity contribution < 1.29 is 13.9 Å². The molecule has 2 heterocycles. The number of ether oxygens (including phenoxy) is 1. The van der Waals surface area contributed by atoms with Gasteiger partial charge in [0.1, 0.15) is 5.76 Å². The fraction of sp³-hybridized carbons (Fsp3) is 0.0909. The minimum atomic E-state index is -0.482. The van der Waals surface area contributed by atoms with Gasteiger partial charge >= 0.3 is 0 Å². The fourth-order valence-corrected chi connectivity index (χ4v) is 1.13. The van der Waals surface area contributed by atoms with Crippen LogP contribution in [0, 0.1) is 0 Å². The van der Waals surface area contributed by atoms with E-state index < -0.39 is 5.91 Å². The highest BCUT2D eigenvalue weighted by atomic mass is 16.5. The van der Waals surface area contributed by atoms with Gasteiger partial charge in [0.25, 0.3) is 5.91 Å². The molecule has 7 nitrogen and oxygen atoms in total. The largest absolute Gasteiger partial charge is 0.480 e. The minimum Gasteiger partial charge on any atom is -0.480 e. The quantitative estimate of drug-likeness (QED) is 0.637. The molecule has 0 radical (unpaired) electrons. The van der Waals surface area contributed by atoms with Crippen molar-refractivity contribution in [1.29, 1.82) is 0 Å². The molecule has 0 saturated carbocycles. The lowest BCUT2D eigenvalue weighted by molar-refractivity contribution is 0.0949. The number of hydrazone groups is 1. The number of nitrogens with zero attached hydrogens (tertiary/aromatic N) is 3. The number of furan rings is 1. The van der Waals surface area contributed by atoms with Gasteiger partial charge in [0.2, 0.25) is 5.88 Å². The summed E-state index contributed by atoms with van der Waals surface area (Å²) in [4.78, 5) is 19.4. The van der Waals surface area contributed by atoms with Crippen molar-refractivity contribution in [1.82, 2.24) is 15.4 Å². The van der Waals surface area contributed by atoms with Crippen LogP contribution in [0.1, 0.15) is 16.2 Å². The van der Waals surface area contributed by atoms with E-state index in [1.807, 2.05) is 0 Å². The summed E-state index contributed by atoms with van der Waals surface area (Å²) in [5.74, 6) is 0.314. The molecule has 0 unspecified atom stereocenters. The van der Waals surface area contributed by atoms with Gasteiger partial charge < -0.3 is 9.15 Å². The van der Waals surface area contributed by atoms with Crippen LogP contribution in [-0.2, 0) is 0 Å². The van der Waals surface area contributed by atoms with Crippen LogP contribution < -0.4 is 10.2 Å². The summed E-state index contributed by atoms with van der Waals surface area (Å²) in [6.07, 6.45) is 5.62. The number of nitrogens with one attached hydrogen (secondary N) is 1. The van der Waals surface area contributed by atoms with Crippen LogP contribution in [0.5, 0.6) is 5.88 Å². The van der Waals surface area contributed by atoms with Gasteiger partial charge in [0.15, 0.2) is 5.69 Å². The van der Waals surface area contributed by atoms with Gasteiger partial charge in [-0.1, -0.05) is 0 Å². The van der Waals surface area contributed by atoms with Crippen molar-refractivity contribution in [3.05, 3.63) is 42.2 Å². The Hall–Kier alpha value is -2.70. The molecule has 0 aliphatic heterocycles. The number of aromatic nitrogens is 2. The van der Waals surface area contributed by atoms with Crippen LogP contribution in [0.15, 0.2) is 40.3 Å². The second-order valence-corrected chi connectivity index (χ2v) is 3.16. The summed E-state index contributed by atoms with van der Waals surface area (Å²) in [7, 11) is 1.45. The molecule has 0 saturated heterocycles. The minimum absolute atomic E-state index is 0.117. The summed E-state index contributed by atoms with van der Waals surface area (Å²) < 4.78 is 9.87. The highest BCUT2D eigenvalue weighted by Crippen LogP contribution is 2.03. The molecule has 18 heavy (non-hydrogen) atoms. The molecule has 0 fully saturated rings. The molecule has 7 heteroatoms. The van der Waals surface area contributed by atoms with Gasteiger partial charge in [-0.05, 0) is 12.1 Å². The van der Waals surface area contributed by atoms with Crippen LogP contribution in [0.25, 0.3) is 0 Å². The second kappa shape index (κ2) is 5.58. The van der Waals surface area contributed by atoms with Crippen molar-refractivity contribution in [2.75, 3.05) is 7.11 Å². The van der Waals surface area contributed by atoms with Gasteiger partial charge in [-0.2, -0.15) is 5.10 Å². The number of methoxy groups -OCH3 is 1. The summed E-state index contributed by atoms with van der Waals surface area (Å²) >= 11 is 0. The predicted octanol–water partition coefficient (Wildman–Crippen LogP) is 0.842. The molecule has 0 aliphatic rings. The van der Waals surface area contributed by atoms with E-state index in [2.05, 4.69) is 20.5 Å². The molecule has 1 N–H and O–H groups in total. The van der Waals surface area contributed by atoms with Crippen molar-refractivity contribution in [3.63, 3.8) is 0 Å². The molecular formula is C11H10N4O3. The third-order valence-corrected chi connectivity index (χ3v) is 1.96. The van der Waals surface area contributed by atoms with Crippen LogP contribution >= 0.6 is 0 Å². The van der Waals surface area contributed by atoms with Crippen LogP contribution in [-0.4, -0.2) is 29.2 Å². The van der Waals surface area contributed by atoms with E-state index in [1.54, 1.807) is 12.1 Å². The van der Waals surface area contributed by atoms with E-state index in [4.69, 9.17) is 9.15 Å². The van der Waals surface area contributed by atoms with Crippen molar-refractivity contribution in [2.45, 2.75) is 0 Å². The maximum Gasteiger partial charge on any atom is 0.291 e. The number of hydrogen-bond acceptors (Lipinski definition) is 6. The lowest BCUT2D eigenvalue weighted by Gasteiger charge is -2.00. The first-order valence-electron chi connectivity index (χ1n) is 5.02. The molecule has 0 spiro atoms. The predicted molar refractivity (Wildman–Crippen MR) is 62.4 cm³/mol. The topological polar surface area (TPSA) is 89.6 Å². The zero-order chi connectivity index (χ0) is 12.8. The first-order valence-corrected chi connectivity index (χ1v) is 5.02. The van der Waals surface area contributed by atoms with Gasteiger partial charge in [0, 0.05) is 0 Å². The summed E-state index contributed by atoms with van der Waals surface area (Å²) in [6, 6.07) is 3.43. The lowest BCUT2D eigenvalue weighted by atomic mass is 10.4. The maximum absolute atomic E-state index is 11.6. The third kappa shape index (κ3) is 2.91. The molecule has 0 aromatic carbocycles. The highest BCUT2D eigenvalue weighted by Gasteiger charge is 2.07. The summed E-state index contributed by atoms with van der Waals surface area (Å²) in [5, 5.41) is 3.72.